The minimum Gasteiger partial charge on any atom is -0.504 e. The number of phenols is 2. The van der Waals surface area contributed by atoms with Gasteiger partial charge in [0.25, 0.3) is 0 Å². The van der Waals surface area contributed by atoms with Crippen molar-refractivity contribution < 1.29 is 14.9 Å². The molecule has 3 heteroatoms. The standard InChI is InChI=1S/C35H64O3/c1-5-9-13-17-21-25-29-38-35-32(28-24-20-16-12-8-4)30(26-22-18-14-10-6-2)31(33(36)34(35)37)27-23-19-15-11-7-3/h36-37H,5-29H2,1-4H3. The van der Waals surface area contributed by atoms with E-state index in [-0.39, 0.29) is 11.5 Å². The summed E-state index contributed by atoms with van der Waals surface area (Å²) in [4.78, 5) is 0. The molecule has 0 amide bonds. The Morgan fingerprint density at radius 3 is 1.24 bits per heavy atom. The average molecular weight is 533 g/mol. The van der Waals surface area contributed by atoms with Crippen molar-refractivity contribution in [3.8, 4) is 17.2 Å². The van der Waals surface area contributed by atoms with Crippen molar-refractivity contribution in [2.24, 2.45) is 0 Å². The minimum absolute atomic E-state index is 0.00201. The van der Waals surface area contributed by atoms with E-state index in [9.17, 15) is 10.2 Å². The Balaban J connectivity index is 3.14. The van der Waals surface area contributed by atoms with Gasteiger partial charge in [-0.05, 0) is 50.5 Å². The molecule has 2 N–H and O–H groups in total. The Morgan fingerprint density at radius 1 is 0.395 bits per heavy atom. The van der Waals surface area contributed by atoms with Crippen LogP contribution in [-0.4, -0.2) is 16.8 Å². The SMILES string of the molecule is CCCCCCCCOc1c(O)c(O)c(CCCCCCC)c(CCCCCCC)c1CCCCCCC. The topological polar surface area (TPSA) is 49.7 Å². The fourth-order valence-corrected chi connectivity index (χ4v) is 5.62. The van der Waals surface area contributed by atoms with Crippen molar-refractivity contribution in [2.75, 3.05) is 6.61 Å². The molecule has 0 aliphatic rings. The van der Waals surface area contributed by atoms with Gasteiger partial charge in [0.1, 0.15) is 0 Å². The first-order valence-corrected chi connectivity index (χ1v) is 16.8. The number of hydrogen-bond acceptors (Lipinski definition) is 3. The van der Waals surface area contributed by atoms with Gasteiger partial charge < -0.3 is 14.9 Å². The van der Waals surface area contributed by atoms with E-state index in [1.54, 1.807) is 0 Å². The summed E-state index contributed by atoms with van der Waals surface area (Å²) >= 11 is 0. The molecule has 3 nitrogen and oxygen atoms in total. The Labute approximate surface area is 237 Å². The molecular formula is C35H64O3. The molecule has 0 fully saturated rings. The normalized spacial score (nSPS) is 11.4. The second-order valence-electron chi connectivity index (χ2n) is 11.6. The first-order chi connectivity index (χ1) is 18.6. The Morgan fingerprint density at radius 2 is 0.763 bits per heavy atom. The summed E-state index contributed by atoms with van der Waals surface area (Å²) in [5.74, 6) is 0.680. The van der Waals surface area contributed by atoms with Gasteiger partial charge in [0.2, 0.25) is 5.75 Å². The monoisotopic (exact) mass is 532 g/mol. The lowest BCUT2D eigenvalue weighted by Crippen LogP contribution is -2.08. The van der Waals surface area contributed by atoms with Crippen molar-refractivity contribution in [3.05, 3.63) is 16.7 Å². The van der Waals surface area contributed by atoms with Crippen molar-refractivity contribution >= 4 is 0 Å². The van der Waals surface area contributed by atoms with Crippen LogP contribution in [0.4, 0.5) is 0 Å². The van der Waals surface area contributed by atoms with Crippen LogP contribution in [0.3, 0.4) is 0 Å². The molecule has 1 aromatic rings. The Hall–Kier alpha value is -1.38. The fourth-order valence-electron chi connectivity index (χ4n) is 5.62. The molecule has 0 atom stereocenters. The van der Waals surface area contributed by atoms with Crippen LogP contribution in [0.15, 0.2) is 0 Å². The van der Waals surface area contributed by atoms with E-state index in [0.29, 0.717) is 12.4 Å². The van der Waals surface area contributed by atoms with Gasteiger partial charge in [-0.25, -0.2) is 0 Å². The predicted molar refractivity (Wildman–Crippen MR) is 166 cm³/mol. The van der Waals surface area contributed by atoms with E-state index in [1.807, 2.05) is 0 Å². The second kappa shape index (κ2) is 23.5. The smallest absolute Gasteiger partial charge is 0.201 e. The molecular weight excluding hydrogens is 468 g/mol. The van der Waals surface area contributed by atoms with Gasteiger partial charge in [0.05, 0.1) is 6.61 Å². The summed E-state index contributed by atoms with van der Waals surface area (Å²) in [5, 5.41) is 22.4. The second-order valence-corrected chi connectivity index (χ2v) is 11.6. The molecule has 0 unspecified atom stereocenters. The first kappa shape index (κ1) is 34.6. The summed E-state index contributed by atoms with van der Waals surface area (Å²) in [6, 6.07) is 0. The van der Waals surface area contributed by atoms with Crippen molar-refractivity contribution in [2.45, 2.75) is 182 Å². The van der Waals surface area contributed by atoms with Crippen molar-refractivity contribution in [1.29, 1.82) is 0 Å². The molecule has 0 aromatic heterocycles. The highest BCUT2D eigenvalue weighted by Gasteiger charge is 2.24. The third-order valence-corrected chi connectivity index (χ3v) is 8.06. The van der Waals surface area contributed by atoms with Crippen molar-refractivity contribution in [1.82, 2.24) is 0 Å². The van der Waals surface area contributed by atoms with Gasteiger partial charge in [0, 0.05) is 11.1 Å². The average Bonchev–Trinajstić information content (AvgIpc) is 2.92. The quantitative estimate of drug-likeness (QED) is 0.0921. The van der Waals surface area contributed by atoms with E-state index < -0.39 is 0 Å². The largest absolute Gasteiger partial charge is 0.504 e. The third-order valence-electron chi connectivity index (χ3n) is 8.06. The molecule has 0 saturated carbocycles. The maximum Gasteiger partial charge on any atom is 0.201 e. The predicted octanol–water partition coefficient (Wildman–Crippen LogP) is 11.4. The summed E-state index contributed by atoms with van der Waals surface area (Å²) < 4.78 is 6.32. The molecule has 0 bridgehead atoms. The lowest BCUT2D eigenvalue weighted by Gasteiger charge is -2.23. The number of unbranched alkanes of at least 4 members (excludes halogenated alkanes) is 17. The van der Waals surface area contributed by atoms with Crippen LogP contribution >= 0.6 is 0 Å². The molecule has 1 rings (SSSR count). The molecule has 0 heterocycles. The zero-order valence-electron chi connectivity index (χ0n) is 26.0. The highest BCUT2D eigenvalue weighted by atomic mass is 16.5. The highest BCUT2D eigenvalue weighted by Crippen LogP contribution is 2.46. The van der Waals surface area contributed by atoms with Crippen LogP contribution in [0.25, 0.3) is 0 Å². The van der Waals surface area contributed by atoms with Gasteiger partial charge >= 0.3 is 0 Å². The fraction of sp³-hybridized carbons (Fsp3) is 0.829. The number of aromatic hydroxyl groups is 2. The number of phenolic OH excluding ortho intramolecular Hbond substituents is 2. The van der Waals surface area contributed by atoms with Crippen LogP contribution in [-0.2, 0) is 19.3 Å². The van der Waals surface area contributed by atoms with Gasteiger partial charge in [-0.3, -0.25) is 0 Å². The lowest BCUT2D eigenvalue weighted by atomic mass is 9.88. The number of benzene rings is 1. The number of ether oxygens (including phenoxy) is 1. The molecule has 0 spiro atoms. The molecule has 0 aliphatic carbocycles. The Kier molecular flexibility index (Phi) is 21.4. The number of hydrogen-bond donors (Lipinski definition) is 2. The van der Waals surface area contributed by atoms with E-state index >= 15 is 0 Å². The van der Waals surface area contributed by atoms with Crippen LogP contribution in [0.1, 0.15) is 179 Å². The van der Waals surface area contributed by atoms with E-state index in [1.165, 1.54) is 120 Å². The Bertz CT molecular complexity index is 697. The summed E-state index contributed by atoms with van der Waals surface area (Å²) in [7, 11) is 0. The van der Waals surface area contributed by atoms with Gasteiger partial charge in [0.15, 0.2) is 11.5 Å². The van der Waals surface area contributed by atoms with E-state index in [2.05, 4.69) is 27.7 Å². The molecule has 0 saturated heterocycles. The third kappa shape index (κ3) is 14.1. The van der Waals surface area contributed by atoms with Crippen LogP contribution < -0.4 is 4.74 Å². The highest BCUT2D eigenvalue weighted by molar-refractivity contribution is 5.62. The number of rotatable bonds is 26. The maximum absolute atomic E-state index is 11.2. The maximum atomic E-state index is 11.2. The zero-order chi connectivity index (χ0) is 27.8. The van der Waals surface area contributed by atoms with Gasteiger partial charge in [-0.2, -0.15) is 0 Å². The zero-order valence-corrected chi connectivity index (χ0v) is 26.0. The lowest BCUT2D eigenvalue weighted by molar-refractivity contribution is 0.278. The van der Waals surface area contributed by atoms with Gasteiger partial charge in [-0.15, -0.1) is 0 Å². The van der Waals surface area contributed by atoms with Crippen LogP contribution in [0, 0.1) is 0 Å². The molecule has 1 aromatic carbocycles. The molecule has 0 radical (unpaired) electrons. The summed E-state index contributed by atoms with van der Waals surface area (Å²) in [6.45, 7) is 9.64. The van der Waals surface area contributed by atoms with E-state index in [0.717, 1.165) is 50.5 Å². The molecule has 222 valence electrons. The van der Waals surface area contributed by atoms with Crippen LogP contribution in [0.5, 0.6) is 17.2 Å². The van der Waals surface area contributed by atoms with Gasteiger partial charge in [-0.1, -0.05) is 137 Å². The van der Waals surface area contributed by atoms with E-state index in [4.69, 9.17) is 4.74 Å². The first-order valence-electron chi connectivity index (χ1n) is 16.8. The van der Waals surface area contributed by atoms with Crippen molar-refractivity contribution in [3.63, 3.8) is 0 Å². The molecule has 38 heavy (non-hydrogen) atoms. The summed E-state index contributed by atoms with van der Waals surface area (Å²) in [6.07, 6.45) is 28.4. The minimum atomic E-state index is -0.00201. The summed E-state index contributed by atoms with van der Waals surface area (Å²) in [5.41, 5.74) is 3.49. The van der Waals surface area contributed by atoms with Crippen LogP contribution in [0.2, 0.25) is 0 Å². The molecule has 0 aliphatic heterocycles.